The number of hydrogen-bond donors (Lipinski definition) is 1. The molecule has 1 heterocycles. The van der Waals surface area contributed by atoms with Crippen LogP contribution in [0.5, 0.6) is 0 Å². The van der Waals surface area contributed by atoms with Crippen molar-refractivity contribution in [3.05, 3.63) is 40.4 Å². The van der Waals surface area contributed by atoms with Gasteiger partial charge in [0.1, 0.15) is 5.01 Å². The number of aromatic nitrogens is 2. The van der Waals surface area contributed by atoms with E-state index in [1.807, 2.05) is 0 Å². The van der Waals surface area contributed by atoms with Crippen LogP contribution in [0.1, 0.15) is 48.2 Å². The zero-order chi connectivity index (χ0) is 14.7. The predicted molar refractivity (Wildman–Crippen MR) is 84.7 cm³/mol. The molecule has 0 aliphatic heterocycles. The Labute approximate surface area is 128 Å². The third-order valence-electron chi connectivity index (χ3n) is 3.69. The van der Waals surface area contributed by atoms with Crippen molar-refractivity contribution in [3.63, 3.8) is 0 Å². The van der Waals surface area contributed by atoms with Gasteiger partial charge in [0.25, 0.3) is 0 Å². The summed E-state index contributed by atoms with van der Waals surface area (Å²) in [5.74, 6) is 0.596. The minimum Gasteiger partial charge on any atom is -0.301 e. The van der Waals surface area contributed by atoms with Crippen LogP contribution in [-0.4, -0.2) is 16.1 Å². The quantitative estimate of drug-likeness (QED) is 0.887. The fourth-order valence-electron chi connectivity index (χ4n) is 2.16. The molecule has 1 aliphatic carbocycles. The molecule has 21 heavy (non-hydrogen) atoms. The minimum atomic E-state index is 0.00747. The Balaban J connectivity index is 1.48. The molecule has 4 nitrogen and oxygen atoms in total. The van der Waals surface area contributed by atoms with E-state index in [0.717, 1.165) is 17.8 Å². The van der Waals surface area contributed by atoms with E-state index >= 15 is 0 Å². The maximum atomic E-state index is 11.9. The van der Waals surface area contributed by atoms with E-state index < -0.39 is 0 Å². The van der Waals surface area contributed by atoms with Crippen molar-refractivity contribution in [2.24, 2.45) is 0 Å². The van der Waals surface area contributed by atoms with Crippen LogP contribution in [0.25, 0.3) is 0 Å². The summed E-state index contributed by atoms with van der Waals surface area (Å²) in [6, 6.07) is 8.45. The van der Waals surface area contributed by atoms with Gasteiger partial charge in [0, 0.05) is 12.3 Å². The molecule has 0 unspecified atom stereocenters. The van der Waals surface area contributed by atoms with Crippen LogP contribution in [0.4, 0.5) is 5.13 Å². The fraction of sp³-hybridized carbons (Fsp3) is 0.438. The van der Waals surface area contributed by atoms with Gasteiger partial charge in [-0.05, 0) is 36.8 Å². The number of aryl methyl sites for hydroxylation is 2. The fourth-order valence-corrected chi connectivity index (χ4v) is 3.09. The third-order valence-corrected chi connectivity index (χ3v) is 4.69. The maximum Gasteiger partial charge on any atom is 0.226 e. The number of amides is 1. The molecule has 1 aromatic carbocycles. The summed E-state index contributed by atoms with van der Waals surface area (Å²) in [7, 11) is 0. The second kappa shape index (κ2) is 6.35. The number of benzene rings is 1. The van der Waals surface area contributed by atoms with Crippen molar-refractivity contribution in [1.82, 2.24) is 10.2 Å². The van der Waals surface area contributed by atoms with Gasteiger partial charge in [-0.3, -0.25) is 4.79 Å². The zero-order valence-corrected chi connectivity index (χ0v) is 12.9. The lowest BCUT2D eigenvalue weighted by Crippen LogP contribution is -2.12. The van der Waals surface area contributed by atoms with Crippen LogP contribution in [0, 0.1) is 0 Å². The zero-order valence-electron chi connectivity index (χ0n) is 12.1. The average molecular weight is 301 g/mol. The van der Waals surface area contributed by atoms with Crippen molar-refractivity contribution in [3.8, 4) is 0 Å². The summed E-state index contributed by atoms with van der Waals surface area (Å²) in [4.78, 5) is 11.9. The van der Waals surface area contributed by atoms with E-state index in [9.17, 15) is 4.79 Å². The molecule has 1 aromatic heterocycles. The molecule has 0 bridgehead atoms. The Morgan fingerprint density at radius 3 is 2.62 bits per heavy atom. The van der Waals surface area contributed by atoms with Crippen molar-refractivity contribution < 1.29 is 4.79 Å². The molecular weight excluding hydrogens is 282 g/mol. The maximum absolute atomic E-state index is 11.9. The van der Waals surface area contributed by atoms with Crippen molar-refractivity contribution in [2.45, 2.75) is 44.9 Å². The molecule has 3 rings (SSSR count). The molecule has 1 amide bonds. The Morgan fingerprint density at radius 1 is 1.24 bits per heavy atom. The number of anilines is 1. The Bertz CT molecular complexity index is 617. The molecule has 110 valence electrons. The minimum absolute atomic E-state index is 0.00747. The van der Waals surface area contributed by atoms with Crippen molar-refractivity contribution >= 4 is 22.4 Å². The van der Waals surface area contributed by atoms with E-state index in [1.165, 1.54) is 35.3 Å². The molecule has 0 radical (unpaired) electrons. The second-order valence-corrected chi connectivity index (χ2v) is 6.45. The lowest BCUT2D eigenvalue weighted by atomic mass is 10.1. The molecule has 1 N–H and O–H groups in total. The first-order valence-corrected chi connectivity index (χ1v) is 8.27. The molecule has 0 saturated heterocycles. The molecule has 1 fully saturated rings. The van der Waals surface area contributed by atoms with Crippen molar-refractivity contribution in [2.75, 3.05) is 5.32 Å². The topological polar surface area (TPSA) is 54.9 Å². The van der Waals surface area contributed by atoms with Gasteiger partial charge in [-0.1, -0.05) is 42.5 Å². The van der Waals surface area contributed by atoms with Gasteiger partial charge in [0.15, 0.2) is 0 Å². The number of carbonyl (C=O) groups is 1. The van der Waals surface area contributed by atoms with Crippen LogP contribution in [0.2, 0.25) is 0 Å². The summed E-state index contributed by atoms with van der Waals surface area (Å²) in [5, 5.41) is 12.7. The van der Waals surface area contributed by atoms with E-state index in [0.29, 0.717) is 17.5 Å². The van der Waals surface area contributed by atoms with Crippen LogP contribution >= 0.6 is 11.3 Å². The molecule has 0 spiro atoms. The van der Waals surface area contributed by atoms with Gasteiger partial charge in [-0.15, -0.1) is 10.2 Å². The summed E-state index contributed by atoms with van der Waals surface area (Å²) >= 11 is 1.50. The highest BCUT2D eigenvalue weighted by atomic mass is 32.1. The molecule has 5 heteroatoms. The van der Waals surface area contributed by atoms with Crippen LogP contribution < -0.4 is 5.32 Å². The molecule has 2 aromatic rings. The third kappa shape index (κ3) is 3.88. The molecule has 1 aliphatic rings. The van der Waals surface area contributed by atoms with Crippen molar-refractivity contribution in [1.29, 1.82) is 0 Å². The van der Waals surface area contributed by atoms with Crippen LogP contribution in [-0.2, 0) is 17.6 Å². The lowest BCUT2D eigenvalue weighted by Gasteiger charge is -2.03. The Hall–Kier alpha value is -1.75. The van der Waals surface area contributed by atoms with E-state index in [-0.39, 0.29) is 5.91 Å². The summed E-state index contributed by atoms with van der Waals surface area (Å²) in [6.45, 7) is 2.14. The van der Waals surface area contributed by atoms with Gasteiger partial charge in [-0.25, -0.2) is 0 Å². The first-order chi connectivity index (χ1) is 10.2. The number of carbonyl (C=O) groups excluding carboxylic acids is 1. The van der Waals surface area contributed by atoms with Crippen LogP contribution in [0.15, 0.2) is 24.3 Å². The van der Waals surface area contributed by atoms with Gasteiger partial charge in [-0.2, -0.15) is 0 Å². The highest BCUT2D eigenvalue weighted by Gasteiger charge is 2.27. The van der Waals surface area contributed by atoms with Crippen LogP contribution in [0.3, 0.4) is 0 Å². The predicted octanol–water partition coefficient (Wildman–Crippen LogP) is 3.55. The van der Waals surface area contributed by atoms with E-state index in [1.54, 1.807) is 0 Å². The first kappa shape index (κ1) is 14.2. The monoisotopic (exact) mass is 301 g/mol. The summed E-state index contributed by atoms with van der Waals surface area (Å²) in [6.07, 6.45) is 4.68. The highest BCUT2D eigenvalue weighted by molar-refractivity contribution is 7.15. The SMILES string of the molecule is CCc1ccc(CCC(=O)Nc2nnc(C3CC3)s2)cc1. The van der Waals surface area contributed by atoms with Gasteiger partial charge in [0.2, 0.25) is 11.0 Å². The van der Waals surface area contributed by atoms with Gasteiger partial charge in [0.05, 0.1) is 0 Å². The number of hydrogen-bond acceptors (Lipinski definition) is 4. The largest absolute Gasteiger partial charge is 0.301 e. The number of nitrogens with one attached hydrogen (secondary N) is 1. The number of nitrogens with zero attached hydrogens (tertiary/aromatic N) is 2. The number of rotatable bonds is 6. The second-order valence-electron chi connectivity index (χ2n) is 5.44. The lowest BCUT2D eigenvalue weighted by molar-refractivity contribution is -0.116. The Morgan fingerprint density at radius 2 is 1.95 bits per heavy atom. The molecule has 1 saturated carbocycles. The highest BCUT2D eigenvalue weighted by Crippen LogP contribution is 2.42. The van der Waals surface area contributed by atoms with E-state index in [4.69, 9.17) is 0 Å². The van der Waals surface area contributed by atoms with Gasteiger partial charge < -0.3 is 5.32 Å². The van der Waals surface area contributed by atoms with Gasteiger partial charge >= 0.3 is 0 Å². The Kier molecular flexibility index (Phi) is 4.29. The summed E-state index contributed by atoms with van der Waals surface area (Å²) < 4.78 is 0. The van der Waals surface area contributed by atoms with E-state index in [2.05, 4.69) is 46.7 Å². The standard InChI is InChI=1S/C16H19N3OS/c1-2-11-3-5-12(6-4-11)7-10-14(20)17-16-19-18-15(21-16)13-8-9-13/h3-6,13H,2,7-10H2,1H3,(H,17,19,20). The average Bonchev–Trinajstić information content (AvgIpc) is 3.26. The molecular formula is C16H19N3OS. The molecule has 0 atom stereocenters. The smallest absolute Gasteiger partial charge is 0.226 e. The summed E-state index contributed by atoms with van der Waals surface area (Å²) in [5.41, 5.74) is 2.52. The normalized spacial score (nSPS) is 14.1. The first-order valence-electron chi connectivity index (χ1n) is 7.45.